The van der Waals surface area contributed by atoms with Crippen LogP contribution >= 0.6 is 0 Å². The Bertz CT molecular complexity index is 1430. The summed E-state index contributed by atoms with van der Waals surface area (Å²) < 4.78 is 37.7. The van der Waals surface area contributed by atoms with Gasteiger partial charge in [-0.05, 0) is 49.7 Å². The van der Waals surface area contributed by atoms with Crippen LogP contribution in [0.4, 0.5) is 5.69 Å². The van der Waals surface area contributed by atoms with Crippen molar-refractivity contribution in [3.8, 4) is 17.4 Å². The molecule has 0 bridgehead atoms. The van der Waals surface area contributed by atoms with Gasteiger partial charge < -0.3 is 59.9 Å². The highest BCUT2D eigenvalue weighted by Gasteiger charge is 2.21. The largest absolute Gasteiger partial charge is 0.496 e. The number of furan rings is 1. The number of aromatic nitrogens is 2. The van der Waals surface area contributed by atoms with Crippen molar-refractivity contribution in [2.24, 2.45) is 11.5 Å². The molecule has 0 radical (unpaired) electrons. The second-order valence-corrected chi connectivity index (χ2v) is 9.97. The summed E-state index contributed by atoms with van der Waals surface area (Å²) in [5, 5.41) is 15.8. The Morgan fingerprint density at radius 1 is 0.938 bits per heavy atom. The molecule has 0 aliphatic heterocycles. The summed E-state index contributed by atoms with van der Waals surface area (Å²) in [5.41, 5.74) is 10.9. The van der Waals surface area contributed by atoms with Crippen molar-refractivity contribution in [2.75, 3.05) is 78.4 Å². The molecule has 4 amide bonds. The number of nitrogens with one attached hydrogen (secondary N) is 3. The number of primary amides is 1. The molecule has 48 heavy (non-hydrogen) atoms. The van der Waals surface area contributed by atoms with E-state index in [1.807, 2.05) is 0 Å². The minimum absolute atomic E-state index is 0.0330. The van der Waals surface area contributed by atoms with Crippen molar-refractivity contribution in [3.05, 3.63) is 48.0 Å². The molecule has 1 atom stereocenters. The number of hydrogen-bond acceptors (Lipinski definition) is 14. The predicted molar refractivity (Wildman–Crippen MR) is 168 cm³/mol. The van der Waals surface area contributed by atoms with Gasteiger partial charge in [0, 0.05) is 18.8 Å². The molecular formula is C30H41N7O11. The standard InChI is InChI=1S/C30H41N7O11/c1-42-23-6-5-20(34-28(41)30-37-36-29(48-30)24-4-2-10-47-24)16-22(23)27(40)35-21(17-44-14-15-45-18-25(32)38)7-11-43-12-13-46-19-26(39)33-9-3-8-31/h2,4-6,10,16,21H,3,7-9,11-15,17-19,31H2,1H3,(H2,32,38)(H,33,39)(H,34,41)(H,35,40). The molecule has 0 aliphatic carbocycles. The number of methoxy groups -OCH3 is 1. The average molecular weight is 676 g/mol. The molecule has 0 spiro atoms. The second-order valence-electron chi connectivity index (χ2n) is 9.97. The number of nitrogens with zero attached hydrogens (tertiary/aromatic N) is 2. The van der Waals surface area contributed by atoms with Gasteiger partial charge in [0.2, 0.25) is 11.8 Å². The van der Waals surface area contributed by atoms with Gasteiger partial charge in [0.05, 0.1) is 58.0 Å². The summed E-state index contributed by atoms with van der Waals surface area (Å²) in [4.78, 5) is 48.8. The Kier molecular flexibility index (Phi) is 16.5. The number of ether oxygens (including phenoxy) is 5. The molecule has 262 valence electrons. The number of rotatable bonds is 24. The molecule has 7 N–H and O–H groups in total. The van der Waals surface area contributed by atoms with E-state index in [9.17, 15) is 19.2 Å². The highest BCUT2D eigenvalue weighted by Crippen LogP contribution is 2.24. The Labute approximate surface area is 276 Å². The second kappa shape index (κ2) is 21.1. The van der Waals surface area contributed by atoms with Crippen LogP contribution < -0.4 is 32.2 Å². The Balaban J connectivity index is 1.55. The van der Waals surface area contributed by atoms with Crippen molar-refractivity contribution in [3.63, 3.8) is 0 Å². The first-order chi connectivity index (χ1) is 23.3. The van der Waals surface area contributed by atoms with Crippen molar-refractivity contribution in [2.45, 2.75) is 18.9 Å². The number of carbonyl (C=O) groups is 4. The van der Waals surface area contributed by atoms with E-state index in [0.717, 1.165) is 0 Å². The lowest BCUT2D eigenvalue weighted by Crippen LogP contribution is -2.39. The molecule has 2 aromatic heterocycles. The molecule has 1 unspecified atom stereocenters. The number of benzene rings is 1. The summed E-state index contributed by atoms with van der Waals surface area (Å²) in [6, 6.07) is 7.23. The van der Waals surface area contributed by atoms with Gasteiger partial charge in [0.15, 0.2) is 5.76 Å². The zero-order valence-electron chi connectivity index (χ0n) is 26.6. The monoisotopic (exact) mass is 675 g/mol. The minimum Gasteiger partial charge on any atom is -0.496 e. The van der Waals surface area contributed by atoms with Crippen molar-refractivity contribution in [1.82, 2.24) is 20.8 Å². The predicted octanol–water partition coefficient (Wildman–Crippen LogP) is 0.0957. The molecule has 3 aromatic rings. The smallest absolute Gasteiger partial charge is 0.313 e. The van der Waals surface area contributed by atoms with Crippen LogP contribution in [0, 0.1) is 0 Å². The van der Waals surface area contributed by atoms with E-state index in [1.165, 1.54) is 25.5 Å². The zero-order valence-corrected chi connectivity index (χ0v) is 26.6. The van der Waals surface area contributed by atoms with Crippen LogP contribution in [-0.4, -0.2) is 113 Å². The molecule has 18 heteroatoms. The maximum Gasteiger partial charge on any atom is 0.313 e. The lowest BCUT2D eigenvalue weighted by Gasteiger charge is -2.20. The maximum atomic E-state index is 13.4. The van der Waals surface area contributed by atoms with E-state index in [2.05, 4.69) is 26.1 Å². The van der Waals surface area contributed by atoms with Gasteiger partial charge in [-0.15, -0.1) is 10.2 Å². The van der Waals surface area contributed by atoms with Crippen LogP contribution in [0.1, 0.15) is 33.9 Å². The molecule has 0 saturated heterocycles. The quantitative estimate of drug-likeness (QED) is 0.0790. The highest BCUT2D eigenvalue weighted by molar-refractivity contribution is 6.03. The lowest BCUT2D eigenvalue weighted by atomic mass is 10.1. The van der Waals surface area contributed by atoms with E-state index in [4.69, 9.17) is 44.0 Å². The Morgan fingerprint density at radius 2 is 1.71 bits per heavy atom. The van der Waals surface area contributed by atoms with Crippen LogP contribution in [0.15, 0.2) is 45.4 Å². The lowest BCUT2D eigenvalue weighted by molar-refractivity contribution is -0.126. The van der Waals surface area contributed by atoms with Gasteiger partial charge in [-0.3, -0.25) is 19.2 Å². The Morgan fingerprint density at radius 3 is 2.44 bits per heavy atom. The van der Waals surface area contributed by atoms with Crippen molar-refractivity contribution in [1.29, 1.82) is 0 Å². The van der Waals surface area contributed by atoms with Gasteiger partial charge in [-0.2, -0.15) is 0 Å². The first-order valence-electron chi connectivity index (χ1n) is 15.0. The number of anilines is 1. The molecule has 0 saturated carbocycles. The van der Waals surface area contributed by atoms with E-state index in [1.54, 1.807) is 18.2 Å². The van der Waals surface area contributed by atoms with E-state index in [-0.39, 0.29) is 87.5 Å². The molecule has 1 aromatic carbocycles. The minimum atomic E-state index is -0.699. The maximum absolute atomic E-state index is 13.4. The van der Waals surface area contributed by atoms with Gasteiger partial charge in [0.1, 0.15) is 19.0 Å². The summed E-state index contributed by atoms with van der Waals surface area (Å²) >= 11 is 0. The molecular weight excluding hydrogens is 634 g/mol. The van der Waals surface area contributed by atoms with Crippen LogP contribution in [0.5, 0.6) is 5.75 Å². The van der Waals surface area contributed by atoms with E-state index < -0.39 is 23.8 Å². The number of nitrogens with two attached hydrogens (primary N) is 2. The SMILES string of the molecule is COc1ccc(NC(=O)c2nnc(-c3ccco3)o2)cc1C(=O)NC(CCOCCOCC(=O)NCCCN)COCCOCC(N)=O. The van der Waals surface area contributed by atoms with Gasteiger partial charge >= 0.3 is 11.8 Å². The molecule has 18 nitrogen and oxygen atoms in total. The van der Waals surface area contributed by atoms with E-state index in [0.29, 0.717) is 31.7 Å². The third-order valence-electron chi connectivity index (χ3n) is 6.24. The molecule has 3 rings (SSSR count). The number of carbonyl (C=O) groups excluding carboxylic acids is 4. The molecule has 2 heterocycles. The van der Waals surface area contributed by atoms with Crippen LogP contribution in [0.3, 0.4) is 0 Å². The fraction of sp³-hybridized carbons (Fsp3) is 0.467. The van der Waals surface area contributed by atoms with Gasteiger partial charge in [-0.1, -0.05) is 0 Å². The van der Waals surface area contributed by atoms with Crippen molar-refractivity contribution >= 4 is 29.3 Å². The highest BCUT2D eigenvalue weighted by atomic mass is 16.5. The fourth-order valence-corrected chi connectivity index (χ4v) is 3.93. The Hall–Kier alpha value is -4.88. The number of hydrogen-bond donors (Lipinski definition) is 5. The number of amides is 4. The summed E-state index contributed by atoms with van der Waals surface area (Å²) in [6.45, 7) is 1.63. The third kappa shape index (κ3) is 13.5. The fourth-order valence-electron chi connectivity index (χ4n) is 3.93. The first kappa shape index (κ1) is 37.6. The zero-order chi connectivity index (χ0) is 34.6. The van der Waals surface area contributed by atoms with Crippen molar-refractivity contribution < 1.29 is 51.7 Å². The topological polar surface area (TPSA) is 255 Å². The van der Waals surface area contributed by atoms with Crippen LogP contribution in [0.25, 0.3) is 11.7 Å². The third-order valence-corrected chi connectivity index (χ3v) is 6.24. The van der Waals surface area contributed by atoms with Crippen LogP contribution in [0.2, 0.25) is 0 Å². The summed E-state index contributed by atoms with van der Waals surface area (Å²) in [6.07, 6.45) is 2.46. The normalized spacial score (nSPS) is 11.5. The van der Waals surface area contributed by atoms with Gasteiger partial charge in [-0.25, -0.2) is 0 Å². The summed E-state index contributed by atoms with van der Waals surface area (Å²) in [5.74, 6) is -1.77. The summed E-state index contributed by atoms with van der Waals surface area (Å²) in [7, 11) is 1.41. The average Bonchev–Trinajstić information content (AvgIpc) is 3.79. The van der Waals surface area contributed by atoms with E-state index >= 15 is 0 Å². The first-order valence-corrected chi connectivity index (χ1v) is 15.0. The molecule has 0 fully saturated rings. The van der Waals surface area contributed by atoms with Gasteiger partial charge in [0.25, 0.3) is 11.8 Å². The molecule has 0 aliphatic rings. The van der Waals surface area contributed by atoms with Crippen LogP contribution in [-0.2, 0) is 28.5 Å².